The molecule has 2 aromatic rings. The fourth-order valence-corrected chi connectivity index (χ4v) is 3.84. The average Bonchev–Trinajstić information content (AvgIpc) is 2.94. The Morgan fingerprint density at radius 3 is 2.12 bits per heavy atom. The van der Waals surface area contributed by atoms with E-state index < -0.39 is 21.8 Å². The normalized spacial score (nSPS) is 17.6. The van der Waals surface area contributed by atoms with Crippen LogP contribution in [0.1, 0.15) is 18.1 Å². The molecule has 3 rings (SSSR count). The summed E-state index contributed by atoms with van der Waals surface area (Å²) in [5.41, 5.74) is 0.694. The number of halogens is 3. The van der Waals surface area contributed by atoms with Crippen LogP contribution in [-0.2, 0) is 16.2 Å². The second-order valence-corrected chi connectivity index (χ2v) is 7.70. The van der Waals surface area contributed by atoms with Gasteiger partial charge in [0.25, 0.3) is 10.0 Å². The minimum Gasteiger partial charge on any atom is -0.279 e. The number of alkyl halides is 3. The van der Waals surface area contributed by atoms with Gasteiger partial charge in [-0.05, 0) is 35.7 Å². The lowest BCUT2D eigenvalue weighted by molar-refractivity contribution is -0.137. The van der Waals surface area contributed by atoms with Crippen LogP contribution in [0.4, 0.5) is 13.2 Å². The summed E-state index contributed by atoms with van der Waals surface area (Å²) in [7, 11) is -3.78. The Bertz CT molecular complexity index is 960. The number of benzene rings is 2. The first-order valence-corrected chi connectivity index (χ1v) is 9.35. The lowest BCUT2D eigenvalue weighted by Gasteiger charge is -2.14. The Balaban J connectivity index is 1.89. The van der Waals surface area contributed by atoms with Gasteiger partial charge in [-0.25, -0.2) is 8.42 Å². The molecule has 0 aliphatic heterocycles. The average molecular weight is 379 g/mol. The van der Waals surface area contributed by atoms with Crippen LogP contribution in [0.25, 0.3) is 5.57 Å². The molecule has 1 aliphatic rings. The number of nitrogens with one attached hydrogen (secondary N) is 1. The molecular weight excluding hydrogens is 363 g/mol. The molecule has 3 nitrogen and oxygen atoms in total. The molecule has 26 heavy (non-hydrogen) atoms. The van der Waals surface area contributed by atoms with E-state index in [4.69, 9.17) is 0 Å². The summed E-state index contributed by atoms with van der Waals surface area (Å²) < 4.78 is 65.8. The molecule has 0 fully saturated rings. The van der Waals surface area contributed by atoms with Crippen molar-refractivity contribution in [3.63, 3.8) is 0 Å². The molecule has 0 bridgehead atoms. The van der Waals surface area contributed by atoms with Crippen molar-refractivity contribution in [2.24, 2.45) is 5.92 Å². The van der Waals surface area contributed by atoms with Crippen LogP contribution in [0.15, 0.2) is 77.3 Å². The summed E-state index contributed by atoms with van der Waals surface area (Å²) in [4.78, 5) is 0.118. The Morgan fingerprint density at radius 2 is 1.54 bits per heavy atom. The third kappa shape index (κ3) is 3.83. The van der Waals surface area contributed by atoms with Crippen molar-refractivity contribution in [1.82, 2.24) is 4.72 Å². The molecule has 7 heteroatoms. The van der Waals surface area contributed by atoms with E-state index in [0.29, 0.717) is 16.8 Å². The first-order chi connectivity index (χ1) is 12.2. The van der Waals surface area contributed by atoms with Gasteiger partial charge in [-0.3, -0.25) is 4.72 Å². The molecule has 0 amide bonds. The molecule has 1 atom stereocenters. The number of rotatable bonds is 4. The molecule has 0 saturated heterocycles. The zero-order valence-electron chi connectivity index (χ0n) is 13.8. The highest BCUT2D eigenvalue weighted by atomic mass is 32.2. The summed E-state index contributed by atoms with van der Waals surface area (Å²) in [6.45, 7) is 1.87. The predicted octanol–water partition coefficient (Wildman–Crippen LogP) is 4.60. The zero-order chi connectivity index (χ0) is 18.9. The van der Waals surface area contributed by atoms with Gasteiger partial charge in [0.05, 0.1) is 16.2 Å². The summed E-state index contributed by atoms with van der Waals surface area (Å²) in [6, 6.07) is 12.6. The minimum atomic E-state index is -4.41. The van der Waals surface area contributed by atoms with E-state index in [1.807, 2.05) is 13.0 Å². The van der Waals surface area contributed by atoms with Crippen molar-refractivity contribution < 1.29 is 21.6 Å². The van der Waals surface area contributed by atoms with Crippen molar-refractivity contribution in [3.05, 3.63) is 83.6 Å². The van der Waals surface area contributed by atoms with Crippen LogP contribution in [0.3, 0.4) is 0 Å². The first kappa shape index (κ1) is 18.3. The molecule has 0 spiro atoms. The van der Waals surface area contributed by atoms with Gasteiger partial charge in [0.2, 0.25) is 0 Å². The maximum Gasteiger partial charge on any atom is 0.416 e. The first-order valence-electron chi connectivity index (χ1n) is 7.86. The van der Waals surface area contributed by atoms with Crippen LogP contribution >= 0.6 is 0 Å². The Morgan fingerprint density at radius 1 is 0.923 bits per heavy atom. The lowest BCUT2D eigenvalue weighted by Crippen LogP contribution is -2.23. The smallest absolute Gasteiger partial charge is 0.279 e. The number of hydrogen-bond donors (Lipinski definition) is 1. The van der Waals surface area contributed by atoms with Crippen molar-refractivity contribution >= 4 is 15.6 Å². The van der Waals surface area contributed by atoms with Crippen LogP contribution < -0.4 is 4.72 Å². The molecular formula is C19H16F3NO2S. The topological polar surface area (TPSA) is 46.2 Å². The number of hydrogen-bond acceptors (Lipinski definition) is 2. The van der Waals surface area contributed by atoms with Crippen molar-refractivity contribution in [1.29, 1.82) is 0 Å². The maximum atomic E-state index is 12.7. The number of allylic oxidation sites excluding steroid dienone is 3. The van der Waals surface area contributed by atoms with Gasteiger partial charge < -0.3 is 0 Å². The predicted molar refractivity (Wildman–Crippen MR) is 93.4 cm³/mol. The lowest BCUT2D eigenvalue weighted by atomic mass is 10.0. The molecule has 2 aromatic carbocycles. The Labute approximate surface area is 149 Å². The summed E-state index contributed by atoms with van der Waals surface area (Å²) in [5.74, 6) is -0.0410. The van der Waals surface area contributed by atoms with Crippen LogP contribution in [0.5, 0.6) is 0 Å². The molecule has 0 heterocycles. The van der Waals surface area contributed by atoms with E-state index in [2.05, 4.69) is 4.72 Å². The highest BCUT2D eigenvalue weighted by molar-refractivity contribution is 7.89. The van der Waals surface area contributed by atoms with E-state index in [0.717, 1.165) is 12.1 Å². The van der Waals surface area contributed by atoms with Gasteiger partial charge in [-0.2, -0.15) is 13.2 Å². The van der Waals surface area contributed by atoms with Crippen molar-refractivity contribution in [2.45, 2.75) is 18.0 Å². The fourth-order valence-electron chi connectivity index (χ4n) is 2.74. The molecule has 1 N–H and O–H groups in total. The maximum absolute atomic E-state index is 12.7. The molecule has 0 saturated carbocycles. The van der Waals surface area contributed by atoms with Gasteiger partial charge >= 0.3 is 6.18 Å². The second kappa shape index (κ2) is 6.64. The van der Waals surface area contributed by atoms with Gasteiger partial charge in [0, 0.05) is 5.57 Å². The monoisotopic (exact) mass is 379 g/mol. The Kier molecular flexibility index (Phi) is 4.66. The molecule has 1 aliphatic carbocycles. The third-order valence-electron chi connectivity index (χ3n) is 3.97. The zero-order valence-corrected chi connectivity index (χ0v) is 14.6. The molecule has 136 valence electrons. The second-order valence-electron chi connectivity index (χ2n) is 6.01. The summed E-state index contributed by atoms with van der Waals surface area (Å²) >= 11 is 0. The van der Waals surface area contributed by atoms with Crippen LogP contribution in [0.2, 0.25) is 0 Å². The largest absolute Gasteiger partial charge is 0.416 e. The highest BCUT2D eigenvalue weighted by Crippen LogP contribution is 2.34. The third-order valence-corrected chi connectivity index (χ3v) is 5.35. The minimum absolute atomic E-state index is 0.0410. The molecule has 0 radical (unpaired) electrons. The van der Waals surface area contributed by atoms with Crippen LogP contribution in [0, 0.1) is 5.92 Å². The number of sulfonamides is 1. The van der Waals surface area contributed by atoms with Gasteiger partial charge in [-0.1, -0.05) is 49.4 Å². The van der Waals surface area contributed by atoms with Crippen molar-refractivity contribution in [2.75, 3.05) is 0 Å². The summed E-state index contributed by atoms with van der Waals surface area (Å²) in [6.07, 6.45) is -0.873. The van der Waals surface area contributed by atoms with Gasteiger partial charge in [0.15, 0.2) is 0 Å². The standard InChI is InChI=1S/C19H16F3NO2S/c1-13-11-17(14-7-9-15(10-8-14)19(20,21)22)18(12-13)23-26(24,25)16-5-3-2-4-6-16/h2-13,23H,1H3. The van der Waals surface area contributed by atoms with E-state index >= 15 is 0 Å². The molecule has 1 unspecified atom stereocenters. The van der Waals surface area contributed by atoms with E-state index in [1.54, 1.807) is 24.3 Å². The molecule has 0 aromatic heterocycles. The van der Waals surface area contributed by atoms with E-state index in [9.17, 15) is 21.6 Å². The summed E-state index contributed by atoms with van der Waals surface area (Å²) in [5, 5.41) is 0. The highest BCUT2D eigenvalue weighted by Gasteiger charge is 2.30. The fraction of sp³-hybridized carbons (Fsp3) is 0.158. The SMILES string of the molecule is CC1C=C(NS(=O)(=O)c2ccccc2)C(c2ccc(C(F)(F)F)cc2)=C1. The van der Waals surface area contributed by atoms with E-state index in [-0.39, 0.29) is 10.8 Å². The van der Waals surface area contributed by atoms with Gasteiger partial charge in [-0.15, -0.1) is 0 Å². The van der Waals surface area contributed by atoms with Gasteiger partial charge in [0.1, 0.15) is 0 Å². The Hall–Kier alpha value is -2.54. The van der Waals surface area contributed by atoms with Crippen LogP contribution in [-0.4, -0.2) is 8.42 Å². The van der Waals surface area contributed by atoms with E-state index in [1.165, 1.54) is 24.3 Å². The quantitative estimate of drug-likeness (QED) is 0.844. The van der Waals surface area contributed by atoms with Crippen molar-refractivity contribution in [3.8, 4) is 0 Å².